The minimum atomic E-state index is -0.332. The lowest BCUT2D eigenvalue weighted by molar-refractivity contribution is -0.383. The van der Waals surface area contributed by atoms with Crippen LogP contribution in [-0.4, -0.2) is 38.8 Å². The molecule has 0 atom stereocenters. The average molecular weight is 281 g/mol. The molecule has 0 fully saturated rings. The van der Waals surface area contributed by atoms with E-state index in [9.17, 15) is 10.1 Å². The van der Waals surface area contributed by atoms with Crippen LogP contribution in [0.4, 0.5) is 17.1 Å². The van der Waals surface area contributed by atoms with Gasteiger partial charge in [-0.25, -0.2) is 0 Å². The van der Waals surface area contributed by atoms with E-state index in [1.807, 2.05) is 11.0 Å². The third-order valence-electron chi connectivity index (χ3n) is 2.96. The number of hydrogen-bond acceptors (Lipinski definition) is 5. The van der Waals surface area contributed by atoms with Gasteiger partial charge in [0.15, 0.2) is 0 Å². The second-order valence-electron chi connectivity index (χ2n) is 5.01. The molecule has 1 aromatic rings. The van der Waals surface area contributed by atoms with Gasteiger partial charge >= 0.3 is 5.69 Å². The third-order valence-corrected chi connectivity index (χ3v) is 2.96. The summed E-state index contributed by atoms with van der Waals surface area (Å²) in [6.45, 7) is 6.09. The Kier molecular flexibility index (Phi) is 6.24. The van der Waals surface area contributed by atoms with Crippen LogP contribution in [0.15, 0.2) is 18.2 Å². The molecule has 0 amide bonds. The van der Waals surface area contributed by atoms with E-state index < -0.39 is 0 Å². The number of para-hydroxylation sites is 1. The maximum absolute atomic E-state index is 11.4. The first-order valence-corrected chi connectivity index (χ1v) is 6.70. The van der Waals surface area contributed by atoms with E-state index in [1.165, 1.54) is 0 Å². The third kappa shape index (κ3) is 4.09. The molecule has 1 rings (SSSR count). The topological polar surface area (TPSA) is 67.6 Å². The highest BCUT2D eigenvalue weighted by Crippen LogP contribution is 2.35. The second kappa shape index (κ2) is 7.69. The number of nitro groups is 1. The zero-order chi connectivity index (χ0) is 15.1. The standard InChI is InChI=1S/C14H23N3O3/c1-11(2)10-16(8-9-20-4)13-7-5-6-12(15-3)14(13)17(18)19/h5-7,11,15H,8-10H2,1-4H3. The first-order valence-electron chi connectivity index (χ1n) is 6.70. The normalized spacial score (nSPS) is 10.7. The number of nitro benzene ring substituents is 1. The molecule has 20 heavy (non-hydrogen) atoms. The quantitative estimate of drug-likeness (QED) is 0.586. The smallest absolute Gasteiger partial charge is 0.315 e. The number of hydrogen-bond donors (Lipinski definition) is 1. The van der Waals surface area contributed by atoms with Gasteiger partial charge in [0, 0.05) is 27.2 Å². The monoisotopic (exact) mass is 281 g/mol. The molecule has 1 aromatic carbocycles. The molecule has 6 heteroatoms. The van der Waals surface area contributed by atoms with E-state index in [0.717, 1.165) is 6.54 Å². The minimum absolute atomic E-state index is 0.117. The largest absolute Gasteiger partial charge is 0.383 e. The summed E-state index contributed by atoms with van der Waals surface area (Å²) in [7, 11) is 3.32. The number of nitrogens with zero attached hydrogens (tertiary/aromatic N) is 2. The Labute approximate surface area is 119 Å². The molecule has 0 unspecified atom stereocenters. The van der Waals surface area contributed by atoms with Crippen LogP contribution in [0.1, 0.15) is 13.8 Å². The van der Waals surface area contributed by atoms with E-state index in [-0.39, 0.29) is 10.6 Å². The van der Waals surface area contributed by atoms with Gasteiger partial charge in [0.1, 0.15) is 11.4 Å². The van der Waals surface area contributed by atoms with E-state index in [1.54, 1.807) is 26.3 Å². The Balaban J connectivity index is 3.20. The highest BCUT2D eigenvalue weighted by Gasteiger charge is 2.23. The summed E-state index contributed by atoms with van der Waals surface area (Å²) in [6.07, 6.45) is 0. The Morgan fingerprint density at radius 2 is 2.15 bits per heavy atom. The average Bonchev–Trinajstić information content (AvgIpc) is 2.41. The van der Waals surface area contributed by atoms with E-state index in [0.29, 0.717) is 30.4 Å². The summed E-state index contributed by atoms with van der Waals surface area (Å²) in [5.41, 5.74) is 1.28. The van der Waals surface area contributed by atoms with Crippen molar-refractivity contribution in [1.29, 1.82) is 0 Å². The SMILES string of the molecule is CNc1cccc(N(CCOC)CC(C)C)c1[N+](=O)[O-]. The van der Waals surface area contributed by atoms with Crippen molar-refractivity contribution in [1.82, 2.24) is 0 Å². The van der Waals surface area contributed by atoms with Crippen molar-refractivity contribution in [3.05, 3.63) is 28.3 Å². The summed E-state index contributed by atoms with van der Waals surface area (Å²) < 4.78 is 5.11. The van der Waals surface area contributed by atoms with E-state index in [4.69, 9.17) is 4.74 Å². The van der Waals surface area contributed by atoms with Crippen molar-refractivity contribution in [2.45, 2.75) is 13.8 Å². The number of rotatable bonds is 8. The number of benzene rings is 1. The molecule has 0 saturated heterocycles. The van der Waals surface area contributed by atoms with Crippen molar-refractivity contribution in [2.75, 3.05) is 44.1 Å². The molecule has 0 aromatic heterocycles. The van der Waals surface area contributed by atoms with Crippen LogP contribution < -0.4 is 10.2 Å². The first kappa shape index (κ1) is 16.2. The molecular formula is C14H23N3O3. The van der Waals surface area contributed by atoms with Crippen LogP contribution in [0, 0.1) is 16.0 Å². The number of ether oxygens (including phenoxy) is 1. The van der Waals surface area contributed by atoms with Gasteiger partial charge in [-0.15, -0.1) is 0 Å². The lowest BCUT2D eigenvalue weighted by Crippen LogP contribution is -2.31. The number of methoxy groups -OCH3 is 1. The predicted octanol–water partition coefficient (Wildman–Crippen LogP) is 2.75. The molecule has 6 nitrogen and oxygen atoms in total. The molecule has 1 N–H and O–H groups in total. The lowest BCUT2D eigenvalue weighted by atomic mass is 10.1. The molecule has 112 valence electrons. The highest BCUT2D eigenvalue weighted by atomic mass is 16.6. The van der Waals surface area contributed by atoms with Gasteiger partial charge in [0.05, 0.1) is 11.5 Å². The number of anilines is 2. The molecule has 0 saturated carbocycles. The molecule has 0 aliphatic heterocycles. The molecule has 0 aliphatic rings. The lowest BCUT2D eigenvalue weighted by Gasteiger charge is -2.26. The fourth-order valence-electron chi connectivity index (χ4n) is 2.13. The molecule has 0 aliphatic carbocycles. The van der Waals surface area contributed by atoms with Crippen molar-refractivity contribution in [3.63, 3.8) is 0 Å². The fraction of sp³-hybridized carbons (Fsp3) is 0.571. The van der Waals surface area contributed by atoms with Gasteiger partial charge < -0.3 is 15.0 Å². The molecule has 0 spiro atoms. The van der Waals surface area contributed by atoms with Crippen molar-refractivity contribution < 1.29 is 9.66 Å². The fourth-order valence-corrected chi connectivity index (χ4v) is 2.13. The van der Waals surface area contributed by atoms with Crippen molar-refractivity contribution in [2.24, 2.45) is 5.92 Å². The van der Waals surface area contributed by atoms with Gasteiger partial charge in [-0.2, -0.15) is 0 Å². The molecule has 0 bridgehead atoms. The maximum Gasteiger partial charge on any atom is 0.315 e. The minimum Gasteiger partial charge on any atom is -0.383 e. The molecular weight excluding hydrogens is 258 g/mol. The predicted molar refractivity (Wildman–Crippen MR) is 81.6 cm³/mol. The van der Waals surface area contributed by atoms with Gasteiger partial charge in [0.2, 0.25) is 0 Å². The first-order chi connectivity index (χ1) is 9.51. The van der Waals surface area contributed by atoms with E-state index >= 15 is 0 Å². The van der Waals surface area contributed by atoms with Gasteiger partial charge in [-0.05, 0) is 18.1 Å². The Bertz CT molecular complexity index is 449. The second-order valence-corrected chi connectivity index (χ2v) is 5.01. The summed E-state index contributed by atoms with van der Waals surface area (Å²) in [4.78, 5) is 13.0. The zero-order valence-corrected chi connectivity index (χ0v) is 12.5. The summed E-state index contributed by atoms with van der Waals surface area (Å²) in [5, 5.41) is 14.3. The van der Waals surface area contributed by atoms with Crippen LogP contribution in [0.2, 0.25) is 0 Å². The van der Waals surface area contributed by atoms with E-state index in [2.05, 4.69) is 19.2 Å². The van der Waals surface area contributed by atoms with Crippen LogP contribution in [-0.2, 0) is 4.74 Å². The van der Waals surface area contributed by atoms with Gasteiger partial charge in [-0.3, -0.25) is 10.1 Å². The molecule has 0 radical (unpaired) electrons. The summed E-state index contributed by atoms with van der Waals surface area (Å²) in [6, 6.07) is 5.33. The van der Waals surface area contributed by atoms with Crippen LogP contribution in [0.5, 0.6) is 0 Å². The molecule has 0 heterocycles. The summed E-state index contributed by atoms with van der Waals surface area (Å²) >= 11 is 0. The van der Waals surface area contributed by atoms with Crippen LogP contribution in [0.25, 0.3) is 0 Å². The van der Waals surface area contributed by atoms with Gasteiger partial charge in [0.25, 0.3) is 0 Å². The Morgan fingerprint density at radius 1 is 1.45 bits per heavy atom. The Morgan fingerprint density at radius 3 is 2.65 bits per heavy atom. The van der Waals surface area contributed by atoms with Crippen LogP contribution in [0.3, 0.4) is 0 Å². The zero-order valence-electron chi connectivity index (χ0n) is 12.5. The van der Waals surface area contributed by atoms with Gasteiger partial charge in [-0.1, -0.05) is 19.9 Å². The van der Waals surface area contributed by atoms with Crippen LogP contribution >= 0.6 is 0 Å². The highest BCUT2D eigenvalue weighted by molar-refractivity contribution is 5.76. The Hall–Kier alpha value is -1.82. The van der Waals surface area contributed by atoms with Crippen molar-refractivity contribution >= 4 is 17.1 Å². The number of nitrogens with one attached hydrogen (secondary N) is 1. The van der Waals surface area contributed by atoms with Crippen molar-refractivity contribution in [3.8, 4) is 0 Å². The summed E-state index contributed by atoms with van der Waals surface area (Å²) in [5.74, 6) is 0.407. The maximum atomic E-state index is 11.4.